The molecule has 0 unspecified atom stereocenters. The average Bonchev–Trinajstić information content (AvgIpc) is 2.73. The van der Waals surface area contributed by atoms with Gasteiger partial charge in [0.25, 0.3) is 0 Å². The van der Waals surface area contributed by atoms with E-state index in [0.29, 0.717) is 18.3 Å². The summed E-state index contributed by atoms with van der Waals surface area (Å²) < 4.78 is 11.3. The molecule has 0 spiro atoms. The Morgan fingerprint density at radius 3 is 2.60 bits per heavy atom. The van der Waals surface area contributed by atoms with Crippen molar-refractivity contribution in [3.05, 3.63) is 59.2 Å². The summed E-state index contributed by atoms with van der Waals surface area (Å²) in [7, 11) is 1.63. The maximum absolute atomic E-state index is 12.5. The van der Waals surface area contributed by atoms with Gasteiger partial charge in [-0.1, -0.05) is 64.3 Å². The van der Waals surface area contributed by atoms with Crippen molar-refractivity contribution in [1.82, 2.24) is 0 Å². The van der Waals surface area contributed by atoms with Crippen LogP contribution in [0.3, 0.4) is 0 Å². The molecule has 0 aliphatic carbocycles. The first-order valence-electron chi connectivity index (χ1n) is 10.9. The molecule has 2 rings (SSSR count). The number of hydrogen-bond donors (Lipinski definition) is 1. The molecule has 0 aliphatic heterocycles. The van der Waals surface area contributed by atoms with Gasteiger partial charge in [0.15, 0.2) is 11.5 Å². The molecule has 0 atom stereocenters. The van der Waals surface area contributed by atoms with E-state index in [1.165, 1.54) is 19.3 Å². The number of benzene rings is 2. The van der Waals surface area contributed by atoms with Gasteiger partial charge in [-0.05, 0) is 54.2 Å². The minimum absolute atomic E-state index is 0.151. The first kappa shape index (κ1) is 23.5. The van der Waals surface area contributed by atoms with Gasteiger partial charge in [-0.3, -0.25) is 4.79 Å². The van der Waals surface area contributed by atoms with Gasteiger partial charge in [0.05, 0.1) is 13.7 Å². The van der Waals surface area contributed by atoms with Crippen LogP contribution in [0.2, 0.25) is 0 Å². The summed E-state index contributed by atoms with van der Waals surface area (Å²) in [6, 6.07) is 11.8. The van der Waals surface area contributed by atoms with Crippen LogP contribution in [0.1, 0.15) is 69.1 Å². The lowest BCUT2D eigenvalue weighted by Gasteiger charge is -2.15. The number of aryl methyl sites for hydroxylation is 1. The third-order valence-corrected chi connectivity index (χ3v) is 5.05. The fourth-order valence-electron chi connectivity index (χ4n) is 3.30. The first-order valence-corrected chi connectivity index (χ1v) is 10.9. The smallest absolute Gasteiger partial charge is 0.248 e. The highest BCUT2D eigenvalue weighted by molar-refractivity contribution is 6.02. The van der Waals surface area contributed by atoms with Gasteiger partial charge in [0, 0.05) is 11.8 Å². The third kappa shape index (κ3) is 6.94. The molecule has 4 nitrogen and oxygen atoms in total. The highest BCUT2D eigenvalue weighted by Gasteiger charge is 2.11. The summed E-state index contributed by atoms with van der Waals surface area (Å²) in [4.78, 5) is 12.5. The molecule has 2 aromatic carbocycles. The summed E-state index contributed by atoms with van der Waals surface area (Å²) in [6.07, 6.45) is 7.99. The summed E-state index contributed by atoms with van der Waals surface area (Å²) in [5.74, 6) is 1.59. The molecule has 162 valence electrons. The molecule has 0 fully saturated rings. The molecule has 1 amide bonds. The van der Waals surface area contributed by atoms with Crippen LogP contribution in [0.25, 0.3) is 6.08 Å². The molecule has 30 heavy (non-hydrogen) atoms. The molecule has 0 heterocycles. The number of amides is 1. The topological polar surface area (TPSA) is 47.6 Å². The number of anilines is 1. The lowest BCUT2D eigenvalue weighted by molar-refractivity contribution is -0.111. The molecule has 4 heteroatoms. The van der Waals surface area contributed by atoms with Gasteiger partial charge in [-0.25, -0.2) is 0 Å². The Balaban J connectivity index is 2.03. The van der Waals surface area contributed by atoms with Crippen molar-refractivity contribution < 1.29 is 14.3 Å². The van der Waals surface area contributed by atoms with Crippen molar-refractivity contribution in [3.8, 4) is 11.5 Å². The molecule has 0 saturated heterocycles. The zero-order chi connectivity index (χ0) is 21.9. The van der Waals surface area contributed by atoms with Gasteiger partial charge in [0.2, 0.25) is 5.91 Å². The number of carbonyl (C=O) groups is 1. The second-order valence-electron chi connectivity index (χ2n) is 7.84. The minimum Gasteiger partial charge on any atom is -0.493 e. The molecular weight excluding hydrogens is 374 g/mol. The summed E-state index contributed by atoms with van der Waals surface area (Å²) >= 11 is 0. The molecular formula is C26H35NO3. The number of hydrogen-bond acceptors (Lipinski definition) is 3. The average molecular weight is 410 g/mol. The fourth-order valence-corrected chi connectivity index (χ4v) is 3.30. The predicted octanol–water partition coefficient (Wildman–Crippen LogP) is 6.74. The van der Waals surface area contributed by atoms with Crippen LogP contribution in [0.15, 0.2) is 42.5 Å². The SMILES string of the molecule is CCCCCCOc1ccc(C=CC(=O)Nc2c(C)cccc2C(C)C)cc1OC. The Morgan fingerprint density at radius 2 is 1.90 bits per heavy atom. The molecule has 0 bridgehead atoms. The molecule has 0 saturated carbocycles. The number of rotatable bonds is 11. The number of methoxy groups -OCH3 is 1. The van der Waals surface area contributed by atoms with E-state index in [1.807, 2.05) is 37.3 Å². The van der Waals surface area contributed by atoms with Gasteiger partial charge >= 0.3 is 0 Å². The van der Waals surface area contributed by atoms with Crippen LogP contribution in [-0.4, -0.2) is 19.6 Å². The van der Waals surface area contributed by atoms with Crippen LogP contribution in [0, 0.1) is 6.92 Å². The highest BCUT2D eigenvalue weighted by atomic mass is 16.5. The largest absolute Gasteiger partial charge is 0.493 e. The second kappa shape index (κ2) is 12.1. The predicted molar refractivity (Wildman–Crippen MR) is 126 cm³/mol. The normalized spacial score (nSPS) is 11.1. The third-order valence-electron chi connectivity index (χ3n) is 5.05. The first-order chi connectivity index (χ1) is 14.5. The van der Waals surface area contributed by atoms with Gasteiger partial charge in [-0.15, -0.1) is 0 Å². The number of ether oxygens (including phenoxy) is 2. The maximum Gasteiger partial charge on any atom is 0.248 e. The Kier molecular flexibility index (Phi) is 9.46. The quantitative estimate of drug-likeness (QED) is 0.330. The summed E-state index contributed by atoms with van der Waals surface area (Å²) in [6.45, 7) is 9.14. The number of para-hydroxylation sites is 1. The zero-order valence-electron chi connectivity index (χ0n) is 19.0. The van der Waals surface area contributed by atoms with Gasteiger partial charge in [0.1, 0.15) is 0 Å². The number of carbonyl (C=O) groups excluding carboxylic acids is 1. The molecule has 0 radical (unpaired) electrons. The van der Waals surface area contributed by atoms with E-state index in [9.17, 15) is 4.79 Å². The summed E-state index contributed by atoms with van der Waals surface area (Å²) in [5.41, 5.74) is 3.98. The van der Waals surface area contributed by atoms with E-state index < -0.39 is 0 Å². The van der Waals surface area contributed by atoms with Crippen LogP contribution < -0.4 is 14.8 Å². The minimum atomic E-state index is -0.151. The Bertz CT molecular complexity index is 855. The Hall–Kier alpha value is -2.75. The fraction of sp³-hybridized carbons (Fsp3) is 0.423. The standard InChI is InChI=1S/C26H35NO3/c1-6-7-8-9-17-30-23-15-13-21(18-24(23)29-5)14-16-25(28)27-26-20(4)11-10-12-22(26)19(2)3/h10-16,18-19H,6-9,17H2,1-5H3,(H,27,28). The van der Waals surface area contributed by atoms with Crippen LogP contribution in [0.5, 0.6) is 11.5 Å². The van der Waals surface area contributed by atoms with Crippen molar-refractivity contribution >= 4 is 17.7 Å². The van der Waals surface area contributed by atoms with Crippen molar-refractivity contribution in [1.29, 1.82) is 0 Å². The van der Waals surface area contributed by atoms with E-state index in [-0.39, 0.29) is 5.91 Å². The van der Waals surface area contributed by atoms with E-state index in [4.69, 9.17) is 9.47 Å². The van der Waals surface area contributed by atoms with E-state index in [2.05, 4.69) is 32.2 Å². The van der Waals surface area contributed by atoms with Crippen molar-refractivity contribution in [2.24, 2.45) is 0 Å². The number of unbranched alkanes of at least 4 members (excludes halogenated alkanes) is 3. The van der Waals surface area contributed by atoms with Crippen molar-refractivity contribution in [3.63, 3.8) is 0 Å². The van der Waals surface area contributed by atoms with Crippen LogP contribution in [-0.2, 0) is 4.79 Å². The monoisotopic (exact) mass is 409 g/mol. The molecule has 1 N–H and O–H groups in total. The summed E-state index contributed by atoms with van der Waals surface area (Å²) in [5, 5.41) is 3.03. The lowest BCUT2D eigenvalue weighted by atomic mass is 9.98. The van der Waals surface area contributed by atoms with E-state index in [0.717, 1.165) is 34.5 Å². The van der Waals surface area contributed by atoms with Crippen LogP contribution >= 0.6 is 0 Å². The molecule has 0 aromatic heterocycles. The van der Waals surface area contributed by atoms with E-state index in [1.54, 1.807) is 19.3 Å². The molecule has 0 aliphatic rings. The van der Waals surface area contributed by atoms with Crippen molar-refractivity contribution in [2.45, 2.75) is 59.3 Å². The lowest BCUT2D eigenvalue weighted by Crippen LogP contribution is -2.11. The Morgan fingerprint density at radius 1 is 1.10 bits per heavy atom. The van der Waals surface area contributed by atoms with Gasteiger partial charge in [-0.2, -0.15) is 0 Å². The number of nitrogens with one attached hydrogen (secondary N) is 1. The second-order valence-corrected chi connectivity index (χ2v) is 7.84. The highest BCUT2D eigenvalue weighted by Crippen LogP contribution is 2.29. The zero-order valence-corrected chi connectivity index (χ0v) is 19.0. The van der Waals surface area contributed by atoms with Crippen molar-refractivity contribution in [2.75, 3.05) is 19.0 Å². The van der Waals surface area contributed by atoms with Crippen LogP contribution in [0.4, 0.5) is 5.69 Å². The Labute approximate surface area is 181 Å². The van der Waals surface area contributed by atoms with Gasteiger partial charge < -0.3 is 14.8 Å². The molecule has 2 aromatic rings. The van der Waals surface area contributed by atoms with E-state index >= 15 is 0 Å². The maximum atomic E-state index is 12.5.